The van der Waals surface area contributed by atoms with Gasteiger partial charge in [0.2, 0.25) is 5.91 Å². The molecular weight excluding hydrogens is 516 g/mol. The lowest BCUT2D eigenvalue weighted by molar-refractivity contribution is -0.148. The average molecular weight is 539 g/mol. The normalized spacial score (nSPS) is 17.5. The van der Waals surface area contributed by atoms with Gasteiger partial charge in [-0.1, -0.05) is 22.9 Å². The number of benzene rings is 1. The second kappa shape index (κ2) is 9.93. The van der Waals surface area contributed by atoms with Crippen molar-refractivity contribution >= 4 is 72.8 Å². The summed E-state index contributed by atoms with van der Waals surface area (Å²) >= 11 is 5.07. The van der Waals surface area contributed by atoms with Gasteiger partial charge < -0.3 is 20.6 Å². The van der Waals surface area contributed by atoms with Crippen LogP contribution in [0.3, 0.4) is 0 Å². The van der Waals surface area contributed by atoms with Gasteiger partial charge >= 0.3 is 5.97 Å². The highest BCUT2D eigenvalue weighted by Crippen LogP contribution is 2.35. The molecule has 1 fully saturated rings. The molecular formula is C21H23ClN6O5S2. The van der Waals surface area contributed by atoms with E-state index in [0.29, 0.717) is 31.9 Å². The Morgan fingerprint density at radius 3 is 2.77 bits per heavy atom. The third kappa shape index (κ3) is 4.89. The number of anilines is 3. The lowest BCUT2D eigenvalue weighted by Crippen LogP contribution is -2.48. The molecule has 0 radical (unpaired) electrons. The summed E-state index contributed by atoms with van der Waals surface area (Å²) in [7, 11) is 3.57. The number of pyridine rings is 1. The summed E-state index contributed by atoms with van der Waals surface area (Å²) in [6, 6.07) is 2.89. The number of fused-ring (bicyclic) bond motifs is 1. The molecule has 1 saturated heterocycles. The number of carbonyl (C=O) groups is 2. The number of nitrogens with two attached hydrogens (primary N) is 1. The van der Waals surface area contributed by atoms with Crippen LogP contribution in [-0.2, 0) is 27.3 Å². The zero-order valence-corrected chi connectivity index (χ0v) is 21.2. The molecule has 1 aliphatic rings. The number of nitrogen functional groups attached to an aromatic ring is 1. The number of hydrogen-bond donors (Lipinski definition) is 3. The first-order valence-electron chi connectivity index (χ1n) is 10.5. The van der Waals surface area contributed by atoms with Crippen LogP contribution in [0.2, 0.25) is 5.02 Å². The summed E-state index contributed by atoms with van der Waals surface area (Å²) in [5, 5.41) is 12.6. The van der Waals surface area contributed by atoms with Crippen molar-refractivity contribution in [1.29, 1.82) is 0 Å². The van der Waals surface area contributed by atoms with Crippen LogP contribution in [0.15, 0.2) is 30.6 Å². The maximum absolute atomic E-state index is 13.3. The van der Waals surface area contributed by atoms with E-state index in [1.54, 1.807) is 43.4 Å². The van der Waals surface area contributed by atoms with E-state index in [9.17, 15) is 23.5 Å². The minimum atomic E-state index is -2.51. The number of carboxylic acids is 1. The Balaban J connectivity index is 1.61. The molecule has 3 atom stereocenters. The number of thiazole rings is 1. The van der Waals surface area contributed by atoms with Crippen LogP contribution in [0.1, 0.15) is 12.0 Å². The first kappa shape index (κ1) is 25.1. The third-order valence-corrected chi connectivity index (χ3v) is 8.20. The van der Waals surface area contributed by atoms with E-state index in [4.69, 9.17) is 17.3 Å². The van der Waals surface area contributed by atoms with E-state index in [1.807, 2.05) is 0 Å². The number of hydrogen-bond acceptors (Lipinski definition) is 8. The number of amides is 1. The van der Waals surface area contributed by atoms with Gasteiger partial charge in [-0.15, -0.1) is 0 Å². The second-order valence-corrected chi connectivity index (χ2v) is 10.4. The maximum atomic E-state index is 13.3. The first-order chi connectivity index (χ1) is 16.6. The summed E-state index contributed by atoms with van der Waals surface area (Å²) in [6.07, 6.45) is 3.10. The number of carboxylic acid groups (broad SMARTS) is 1. The van der Waals surface area contributed by atoms with Crippen molar-refractivity contribution in [2.45, 2.75) is 24.9 Å². The van der Waals surface area contributed by atoms with Crippen molar-refractivity contribution in [3.05, 3.63) is 41.2 Å². The fraction of sp³-hybridized carbons (Fsp3) is 0.333. The molecule has 14 heteroatoms. The minimum absolute atomic E-state index is 0.0433. The molecule has 186 valence electrons. The summed E-state index contributed by atoms with van der Waals surface area (Å²) in [6.45, 7) is 0.107. The van der Waals surface area contributed by atoms with E-state index in [2.05, 4.69) is 9.97 Å². The van der Waals surface area contributed by atoms with E-state index < -0.39 is 35.2 Å². The minimum Gasteiger partial charge on any atom is -0.480 e. The molecule has 11 nitrogen and oxygen atoms in total. The highest BCUT2D eigenvalue weighted by atomic mass is 35.5. The number of likely N-dealkylation sites (tertiary alicyclic amines) is 1. The summed E-state index contributed by atoms with van der Waals surface area (Å²) in [5.74, 6) is -1.44. The predicted octanol–water partition coefficient (Wildman–Crippen LogP) is 2.23. The van der Waals surface area contributed by atoms with Gasteiger partial charge in [0.05, 0.1) is 6.20 Å². The van der Waals surface area contributed by atoms with Crippen LogP contribution in [0.4, 0.5) is 16.0 Å². The van der Waals surface area contributed by atoms with Crippen molar-refractivity contribution in [3.8, 4) is 0 Å². The lowest BCUT2D eigenvalue weighted by atomic mass is 10.0. The van der Waals surface area contributed by atoms with Crippen LogP contribution in [0.25, 0.3) is 10.8 Å². The molecule has 3 heterocycles. The maximum Gasteiger partial charge on any atom is 0.326 e. The molecule has 0 aliphatic carbocycles. The van der Waals surface area contributed by atoms with Crippen LogP contribution in [0, 0.1) is 0 Å². The summed E-state index contributed by atoms with van der Waals surface area (Å²) < 4.78 is 23.2. The van der Waals surface area contributed by atoms with Gasteiger partial charge in [0.25, 0.3) is 11.3 Å². The van der Waals surface area contributed by atoms with Crippen molar-refractivity contribution < 1.29 is 23.5 Å². The molecule has 35 heavy (non-hydrogen) atoms. The molecule has 2 aromatic heterocycles. The lowest BCUT2D eigenvalue weighted by Gasteiger charge is -2.27. The Morgan fingerprint density at radius 1 is 1.40 bits per heavy atom. The fourth-order valence-electron chi connectivity index (χ4n) is 4.08. The Hall–Kier alpha value is -3.00. The highest BCUT2D eigenvalue weighted by Gasteiger charge is 2.44. The van der Waals surface area contributed by atoms with Gasteiger partial charge in [-0.2, -0.15) is 0 Å². The largest absolute Gasteiger partial charge is 0.480 e. The van der Waals surface area contributed by atoms with Crippen LogP contribution in [0.5, 0.6) is 0 Å². The van der Waals surface area contributed by atoms with Crippen LogP contribution >= 0.6 is 22.9 Å². The Morgan fingerprint density at radius 2 is 2.14 bits per heavy atom. The number of carbonyl (C=O) groups excluding carboxylic acids is 1. The zero-order valence-electron chi connectivity index (χ0n) is 18.8. The molecule has 1 unspecified atom stereocenters. The van der Waals surface area contributed by atoms with E-state index in [1.165, 1.54) is 11.1 Å². The fourth-order valence-corrected chi connectivity index (χ4v) is 6.03. The smallest absolute Gasteiger partial charge is 0.326 e. The van der Waals surface area contributed by atoms with Crippen molar-refractivity contribution in [2.24, 2.45) is 0 Å². The van der Waals surface area contributed by atoms with Gasteiger partial charge in [-0.3, -0.25) is 9.35 Å². The van der Waals surface area contributed by atoms with Gasteiger partial charge in [0.15, 0.2) is 5.13 Å². The summed E-state index contributed by atoms with van der Waals surface area (Å²) in [5.41, 5.74) is 6.44. The summed E-state index contributed by atoms with van der Waals surface area (Å²) in [4.78, 5) is 36.8. The van der Waals surface area contributed by atoms with E-state index in [0.717, 1.165) is 21.0 Å². The molecule has 0 bridgehead atoms. The van der Waals surface area contributed by atoms with Gasteiger partial charge in [0.1, 0.15) is 22.9 Å². The average Bonchev–Trinajstić information content (AvgIpc) is 3.41. The topological polar surface area (TPSA) is 153 Å². The standard InChI is InChI=1S/C21H23ClN6O5S2/c1-26(2)21-25-10-17(34-21)28(35(32)33)15-4-6-27(19(15)29)16(20(30)31)8-12-7-11-3-5-24-18(23)13(11)9-14(12)22/h3,5,7,9-10,15-16H,4,6,8H2,1-2H3,(H2,23,24)(H,30,31)(H,32,33)/t15-,16+/m0/s1. The van der Waals surface area contributed by atoms with Gasteiger partial charge in [0, 0.05) is 43.7 Å². The quantitative estimate of drug-likeness (QED) is 0.366. The van der Waals surface area contributed by atoms with Crippen molar-refractivity contribution in [3.63, 3.8) is 0 Å². The second-order valence-electron chi connectivity index (χ2n) is 8.19. The van der Waals surface area contributed by atoms with Gasteiger partial charge in [-0.25, -0.2) is 23.3 Å². The monoisotopic (exact) mass is 538 g/mol. The van der Waals surface area contributed by atoms with Crippen LogP contribution in [-0.4, -0.2) is 73.3 Å². The Bertz CT molecular complexity index is 1320. The molecule has 0 saturated carbocycles. The van der Waals surface area contributed by atoms with Crippen LogP contribution < -0.4 is 14.9 Å². The van der Waals surface area contributed by atoms with E-state index >= 15 is 0 Å². The third-order valence-electron chi connectivity index (χ3n) is 5.78. The zero-order chi connectivity index (χ0) is 25.4. The van der Waals surface area contributed by atoms with Crippen molar-refractivity contribution in [2.75, 3.05) is 35.6 Å². The molecule has 4 N–H and O–H groups in total. The van der Waals surface area contributed by atoms with Crippen molar-refractivity contribution in [1.82, 2.24) is 14.9 Å². The van der Waals surface area contributed by atoms with E-state index in [-0.39, 0.29) is 19.4 Å². The Kier molecular flexibility index (Phi) is 7.12. The SMILES string of the molecule is CN(C)c1ncc(N([C@H]2CCN([C@H](Cc3cc4ccnc(N)c4cc3Cl)C(=O)O)C2=O)S(=O)O)s1. The number of aromatic nitrogens is 2. The Labute approximate surface area is 212 Å². The number of rotatable bonds is 8. The first-order valence-corrected chi connectivity index (χ1v) is 12.7. The molecule has 4 rings (SSSR count). The molecule has 0 spiro atoms. The predicted molar refractivity (Wildman–Crippen MR) is 136 cm³/mol. The number of halogens is 1. The molecule has 1 aromatic carbocycles. The molecule has 1 amide bonds. The molecule has 3 aromatic rings. The molecule has 1 aliphatic heterocycles. The highest BCUT2D eigenvalue weighted by molar-refractivity contribution is 7.81. The van der Waals surface area contributed by atoms with Gasteiger partial charge in [-0.05, 0) is 35.6 Å². The number of nitrogens with zero attached hydrogens (tertiary/aromatic N) is 5. The number of aliphatic carboxylic acids is 1.